The molecule has 1 aliphatic rings. The number of hydrogen-bond acceptors (Lipinski definition) is 2. The molecule has 78 valence electrons. The summed E-state index contributed by atoms with van der Waals surface area (Å²) in [6.45, 7) is 4.35. The maximum atomic E-state index is 10.2. The molecule has 0 amide bonds. The van der Waals surface area contributed by atoms with E-state index < -0.39 is 0 Å². The van der Waals surface area contributed by atoms with Crippen molar-refractivity contribution in [1.29, 1.82) is 0 Å². The molecule has 2 unspecified atom stereocenters. The Balaban J connectivity index is 2.31. The second-order valence-electron chi connectivity index (χ2n) is 4.60. The SMILES string of the molecule is CC(C)C1CCc2nn(C)cc2C1O. The van der Waals surface area contributed by atoms with E-state index in [9.17, 15) is 5.11 Å². The first-order valence-corrected chi connectivity index (χ1v) is 5.30. The van der Waals surface area contributed by atoms with Gasteiger partial charge in [0.2, 0.25) is 0 Å². The molecule has 0 saturated heterocycles. The van der Waals surface area contributed by atoms with Gasteiger partial charge in [0.25, 0.3) is 0 Å². The van der Waals surface area contributed by atoms with E-state index in [1.165, 1.54) is 0 Å². The lowest BCUT2D eigenvalue weighted by atomic mass is 9.78. The van der Waals surface area contributed by atoms with Crippen LogP contribution in [0, 0.1) is 11.8 Å². The molecule has 0 saturated carbocycles. The van der Waals surface area contributed by atoms with Crippen LogP contribution in [0.3, 0.4) is 0 Å². The summed E-state index contributed by atoms with van der Waals surface area (Å²) in [6.07, 6.45) is 3.71. The van der Waals surface area contributed by atoms with Crippen molar-refractivity contribution in [1.82, 2.24) is 9.78 Å². The van der Waals surface area contributed by atoms with Crippen LogP contribution in [-0.4, -0.2) is 14.9 Å². The van der Waals surface area contributed by atoms with Gasteiger partial charge in [0.15, 0.2) is 0 Å². The van der Waals surface area contributed by atoms with Gasteiger partial charge in [0.1, 0.15) is 0 Å². The van der Waals surface area contributed by atoms with Crippen molar-refractivity contribution >= 4 is 0 Å². The third-order valence-electron chi connectivity index (χ3n) is 3.23. The van der Waals surface area contributed by atoms with Crippen molar-refractivity contribution in [3.8, 4) is 0 Å². The summed E-state index contributed by atoms with van der Waals surface area (Å²) in [5.74, 6) is 0.935. The van der Waals surface area contributed by atoms with Crippen LogP contribution in [0.1, 0.15) is 37.6 Å². The fraction of sp³-hybridized carbons (Fsp3) is 0.727. The minimum Gasteiger partial charge on any atom is -0.388 e. The second-order valence-corrected chi connectivity index (χ2v) is 4.60. The number of aliphatic hydroxyl groups excluding tert-OH is 1. The highest BCUT2D eigenvalue weighted by atomic mass is 16.3. The molecule has 1 aliphatic carbocycles. The fourth-order valence-corrected chi connectivity index (χ4v) is 2.38. The fourth-order valence-electron chi connectivity index (χ4n) is 2.38. The minimum atomic E-state index is -0.313. The zero-order chi connectivity index (χ0) is 10.3. The lowest BCUT2D eigenvalue weighted by Crippen LogP contribution is -2.23. The summed E-state index contributed by atoms with van der Waals surface area (Å²) in [4.78, 5) is 0. The van der Waals surface area contributed by atoms with Gasteiger partial charge in [0.05, 0.1) is 11.8 Å². The van der Waals surface area contributed by atoms with E-state index in [2.05, 4.69) is 18.9 Å². The van der Waals surface area contributed by atoms with Crippen molar-refractivity contribution in [2.24, 2.45) is 18.9 Å². The Hall–Kier alpha value is -0.830. The molecule has 3 heteroatoms. The number of aliphatic hydroxyl groups is 1. The Morgan fingerprint density at radius 1 is 1.57 bits per heavy atom. The molecule has 1 aromatic heterocycles. The summed E-state index contributed by atoms with van der Waals surface area (Å²) in [5, 5.41) is 14.5. The molecule has 14 heavy (non-hydrogen) atoms. The van der Waals surface area contributed by atoms with Crippen molar-refractivity contribution in [3.05, 3.63) is 17.5 Å². The van der Waals surface area contributed by atoms with E-state index in [0.29, 0.717) is 11.8 Å². The topological polar surface area (TPSA) is 38.0 Å². The van der Waals surface area contributed by atoms with Crippen LogP contribution >= 0.6 is 0 Å². The number of fused-ring (bicyclic) bond motifs is 1. The number of aryl methyl sites for hydroxylation is 2. The molecular formula is C11H18N2O. The summed E-state index contributed by atoms with van der Waals surface area (Å²) < 4.78 is 1.80. The van der Waals surface area contributed by atoms with Crippen LogP contribution in [0.5, 0.6) is 0 Å². The van der Waals surface area contributed by atoms with Crippen LogP contribution in [0.2, 0.25) is 0 Å². The highest BCUT2D eigenvalue weighted by Crippen LogP contribution is 2.37. The van der Waals surface area contributed by atoms with Gasteiger partial charge in [-0.15, -0.1) is 0 Å². The van der Waals surface area contributed by atoms with E-state index in [-0.39, 0.29) is 6.10 Å². The average molecular weight is 194 g/mol. The first kappa shape index (κ1) is 9.71. The average Bonchev–Trinajstić information content (AvgIpc) is 2.46. The lowest BCUT2D eigenvalue weighted by molar-refractivity contribution is 0.0668. The lowest BCUT2D eigenvalue weighted by Gasteiger charge is -2.29. The monoisotopic (exact) mass is 194 g/mol. The predicted octanol–water partition coefficient (Wildman–Crippen LogP) is 1.67. The quantitative estimate of drug-likeness (QED) is 0.738. The molecule has 1 aromatic rings. The zero-order valence-electron chi connectivity index (χ0n) is 9.07. The maximum Gasteiger partial charge on any atom is 0.0853 e. The highest BCUT2D eigenvalue weighted by molar-refractivity contribution is 5.23. The summed E-state index contributed by atoms with van der Waals surface area (Å²) in [6, 6.07) is 0. The van der Waals surface area contributed by atoms with Gasteiger partial charge in [-0.1, -0.05) is 13.8 Å². The molecule has 0 spiro atoms. The first-order valence-electron chi connectivity index (χ1n) is 5.30. The summed E-state index contributed by atoms with van der Waals surface area (Å²) in [5.41, 5.74) is 2.12. The van der Waals surface area contributed by atoms with Gasteiger partial charge >= 0.3 is 0 Å². The Morgan fingerprint density at radius 2 is 2.29 bits per heavy atom. The zero-order valence-corrected chi connectivity index (χ0v) is 9.07. The van der Waals surface area contributed by atoms with E-state index >= 15 is 0 Å². The Morgan fingerprint density at radius 3 is 2.93 bits per heavy atom. The minimum absolute atomic E-state index is 0.313. The van der Waals surface area contributed by atoms with E-state index in [1.54, 1.807) is 4.68 Å². The van der Waals surface area contributed by atoms with Crippen LogP contribution in [-0.2, 0) is 13.5 Å². The number of hydrogen-bond donors (Lipinski definition) is 1. The van der Waals surface area contributed by atoms with Crippen molar-refractivity contribution < 1.29 is 5.11 Å². The van der Waals surface area contributed by atoms with E-state index in [4.69, 9.17) is 0 Å². The number of rotatable bonds is 1. The predicted molar refractivity (Wildman–Crippen MR) is 54.8 cm³/mol. The Kier molecular flexibility index (Phi) is 2.35. The highest BCUT2D eigenvalue weighted by Gasteiger charge is 2.31. The third kappa shape index (κ3) is 1.46. The second kappa shape index (κ2) is 3.39. The summed E-state index contributed by atoms with van der Waals surface area (Å²) in [7, 11) is 1.91. The van der Waals surface area contributed by atoms with Gasteiger partial charge < -0.3 is 5.11 Å². The van der Waals surface area contributed by atoms with Crippen LogP contribution in [0.4, 0.5) is 0 Å². The molecule has 1 heterocycles. The van der Waals surface area contributed by atoms with Crippen molar-refractivity contribution in [2.75, 3.05) is 0 Å². The maximum absolute atomic E-state index is 10.2. The molecule has 0 radical (unpaired) electrons. The van der Waals surface area contributed by atoms with Crippen molar-refractivity contribution in [2.45, 2.75) is 32.8 Å². The smallest absolute Gasteiger partial charge is 0.0853 e. The van der Waals surface area contributed by atoms with Crippen LogP contribution in [0.25, 0.3) is 0 Å². The first-order chi connectivity index (χ1) is 6.59. The standard InChI is InChI=1S/C11H18N2O/c1-7(2)8-4-5-10-9(11(8)14)6-13(3)12-10/h6-8,11,14H,4-5H2,1-3H3. The largest absolute Gasteiger partial charge is 0.388 e. The van der Waals surface area contributed by atoms with Crippen molar-refractivity contribution in [3.63, 3.8) is 0 Å². The third-order valence-corrected chi connectivity index (χ3v) is 3.23. The molecule has 0 bridgehead atoms. The van der Waals surface area contributed by atoms with Crippen LogP contribution in [0.15, 0.2) is 6.20 Å². The van der Waals surface area contributed by atoms with Gasteiger partial charge in [-0.3, -0.25) is 4.68 Å². The number of nitrogens with zero attached hydrogens (tertiary/aromatic N) is 2. The van der Waals surface area contributed by atoms with Gasteiger partial charge in [0, 0.05) is 18.8 Å². The molecule has 0 aliphatic heterocycles. The summed E-state index contributed by atoms with van der Waals surface area (Å²) >= 11 is 0. The Labute approximate surface area is 84.7 Å². The number of aromatic nitrogens is 2. The molecule has 0 fully saturated rings. The van der Waals surface area contributed by atoms with Gasteiger partial charge in [-0.2, -0.15) is 5.10 Å². The normalized spacial score (nSPS) is 26.6. The molecular weight excluding hydrogens is 176 g/mol. The van der Waals surface area contributed by atoms with E-state index in [1.807, 2.05) is 13.2 Å². The molecule has 2 atom stereocenters. The van der Waals surface area contributed by atoms with Crippen LogP contribution < -0.4 is 0 Å². The molecule has 1 N–H and O–H groups in total. The van der Waals surface area contributed by atoms with E-state index in [0.717, 1.165) is 24.1 Å². The Bertz CT molecular complexity index is 330. The van der Waals surface area contributed by atoms with Gasteiger partial charge in [-0.05, 0) is 24.7 Å². The molecule has 3 nitrogen and oxygen atoms in total. The molecule has 0 aromatic carbocycles. The van der Waals surface area contributed by atoms with Gasteiger partial charge in [-0.25, -0.2) is 0 Å². The molecule has 2 rings (SSSR count).